The molecular formula is C26H27FN6O. The third-order valence-electron chi connectivity index (χ3n) is 6.28. The van der Waals surface area contributed by atoms with Gasteiger partial charge >= 0.3 is 0 Å². The Bertz CT molecular complexity index is 1210. The van der Waals surface area contributed by atoms with E-state index in [4.69, 9.17) is 4.74 Å². The van der Waals surface area contributed by atoms with E-state index in [1.807, 2.05) is 59.3 Å². The van der Waals surface area contributed by atoms with E-state index in [0.29, 0.717) is 12.2 Å². The number of nitrogens with zero attached hydrogens (tertiary/aromatic N) is 6. The molecule has 0 spiro atoms. The van der Waals surface area contributed by atoms with Gasteiger partial charge in [-0.15, -0.1) is 5.10 Å². The minimum Gasteiger partial charge on any atom is -0.497 e. The van der Waals surface area contributed by atoms with Gasteiger partial charge in [-0.2, -0.15) is 0 Å². The Morgan fingerprint density at radius 1 is 0.882 bits per heavy atom. The maximum Gasteiger partial charge on any atom is 0.173 e. The number of hydrogen-bond acceptors (Lipinski definition) is 6. The molecule has 5 rings (SSSR count). The second kappa shape index (κ2) is 10.0. The van der Waals surface area contributed by atoms with Crippen LogP contribution in [0.2, 0.25) is 0 Å². The van der Waals surface area contributed by atoms with E-state index < -0.39 is 0 Å². The zero-order valence-electron chi connectivity index (χ0n) is 19.1. The zero-order chi connectivity index (χ0) is 23.3. The summed E-state index contributed by atoms with van der Waals surface area (Å²) >= 11 is 0. The molecule has 4 aromatic rings. The van der Waals surface area contributed by atoms with Crippen LogP contribution in [0.1, 0.15) is 23.0 Å². The number of rotatable bonds is 7. The molecule has 0 N–H and O–H groups in total. The lowest BCUT2D eigenvalue weighted by molar-refractivity contribution is 0.201. The summed E-state index contributed by atoms with van der Waals surface area (Å²) in [6.07, 6.45) is 0. The molecule has 34 heavy (non-hydrogen) atoms. The zero-order valence-corrected chi connectivity index (χ0v) is 19.1. The molecule has 0 unspecified atom stereocenters. The average molecular weight is 459 g/mol. The number of aromatic nitrogens is 4. The first-order chi connectivity index (χ1) is 16.7. The lowest BCUT2D eigenvalue weighted by atomic mass is 10.0. The van der Waals surface area contributed by atoms with Gasteiger partial charge in [-0.1, -0.05) is 54.6 Å². The molecule has 8 heteroatoms. The van der Waals surface area contributed by atoms with Crippen molar-refractivity contribution < 1.29 is 9.13 Å². The van der Waals surface area contributed by atoms with Gasteiger partial charge in [0.25, 0.3) is 0 Å². The minimum atomic E-state index is -0.181. The molecule has 1 aliphatic rings. The molecule has 2 heterocycles. The van der Waals surface area contributed by atoms with Crippen molar-refractivity contribution >= 4 is 5.69 Å². The predicted molar refractivity (Wildman–Crippen MR) is 128 cm³/mol. The second-order valence-electron chi connectivity index (χ2n) is 8.33. The molecule has 0 bridgehead atoms. The van der Waals surface area contributed by atoms with Crippen LogP contribution >= 0.6 is 0 Å². The summed E-state index contributed by atoms with van der Waals surface area (Å²) < 4.78 is 21.5. The Kier molecular flexibility index (Phi) is 6.49. The summed E-state index contributed by atoms with van der Waals surface area (Å²) in [4.78, 5) is 4.48. The minimum absolute atomic E-state index is 0.0998. The molecule has 0 amide bonds. The van der Waals surface area contributed by atoms with Crippen molar-refractivity contribution in [3.8, 4) is 5.75 Å². The van der Waals surface area contributed by atoms with E-state index in [1.54, 1.807) is 13.2 Å². The number of methoxy groups -OCH3 is 1. The maximum absolute atomic E-state index is 14.3. The van der Waals surface area contributed by atoms with Crippen molar-refractivity contribution in [2.75, 3.05) is 38.2 Å². The fourth-order valence-electron chi connectivity index (χ4n) is 4.51. The molecule has 7 nitrogen and oxygen atoms in total. The Balaban J connectivity index is 1.40. The van der Waals surface area contributed by atoms with E-state index in [2.05, 4.69) is 37.5 Å². The summed E-state index contributed by atoms with van der Waals surface area (Å²) in [6, 6.07) is 25.1. The van der Waals surface area contributed by atoms with Gasteiger partial charge in [0.2, 0.25) is 0 Å². The van der Waals surface area contributed by atoms with Crippen LogP contribution in [0.4, 0.5) is 10.1 Å². The van der Waals surface area contributed by atoms with Gasteiger partial charge in [0.1, 0.15) is 11.6 Å². The monoisotopic (exact) mass is 458 g/mol. The third kappa shape index (κ3) is 4.63. The highest BCUT2D eigenvalue weighted by molar-refractivity contribution is 5.48. The largest absolute Gasteiger partial charge is 0.497 e. The Labute approximate surface area is 198 Å². The SMILES string of the molecule is COc1ccc(Cn2nnnc2[C@@H](c2ccccc2)N2CCN(c3ccccc3F)CC2)cc1. The van der Waals surface area contributed by atoms with Crippen LogP contribution in [-0.2, 0) is 6.54 Å². The lowest BCUT2D eigenvalue weighted by Crippen LogP contribution is -2.48. The number of para-hydroxylation sites is 1. The standard InChI is InChI=1S/C26H27FN6O/c1-34-22-13-11-20(12-14-22)19-33-26(28-29-30-33)25(21-7-3-2-4-8-21)32-17-15-31(16-18-32)24-10-6-5-9-23(24)27/h2-14,25H,15-19H2,1H3/t25-/m1/s1. The lowest BCUT2D eigenvalue weighted by Gasteiger charge is -2.40. The first-order valence-electron chi connectivity index (χ1n) is 11.4. The Morgan fingerprint density at radius 3 is 2.29 bits per heavy atom. The van der Waals surface area contributed by atoms with Gasteiger partial charge in [-0.05, 0) is 45.8 Å². The molecule has 0 aliphatic carbocycles. The molecule has 174 valence electrons. The molecule has 1 saturated heterocycles. The second-order valence-corrected chi connectivity index (χ2v) is 8.33. The van der Waals surface area contributed by atoms with Gasteiger partial charge in [-0.3, -0.25) is 4.90 Å². The maximum atomic E-state index is 14.3. The number of ether oxygens (including phenoxy) is 1. The summed E-state index contributed by atoms with van der Waals surface area (Å²) in [5.74, 6) is 1.43. The summed E-state index contributed by atoms with van der Waals surface area (Å²) in [6.45, 7) is 3.55. The quantitative estimate of drug-likeness (QED) is 0.420. The van der Waals surface area contributed by atoms with Crippen LogP contribution < -0.4 is 9.64 Å². The van der Waals surface area contributed by atoms with E-state index in [1.165, 1.54) is 6.07 Å². The van der Waals surface area contributed by atoms with Crippen molar-refractivity contribution in [3.05, 3.63) is 102 Å². The van der Waals surface area contributed by atoms with E-state index in [0.717, 1.165) is 48.9 Å². The number of tetrazole rings is 1. The predicted octanol–water partition coefficient (Wildman–Crippen LogP) is 3.78. The van der Waals surface area contributed by atoms with Gasteiger partial charge in [0.05, 0.1) is 25.4 Å². The van der Waals surface area contributed by atoms with Crippen molar-refractivity contribution in [1.29, 1.82) is 0 Å². The van der Waals surface area contributed by atoms with E-state index in [9.17, 15) is 4.39 Å². The third-order valence-corrected chi connectivity index (χ3v) is 6.28. The number of halogens is 1. The summed E-state index contributed by atoms with van der Waals surface area (Å²) in [5, 5.41) is 12.8. The van der Waals surface area contributed by atoms with Crippen molar-refractivity contribution in [1.82, 2.24) is 25.1 Å². The fourth-order valence-corrected chi connectivity index (χ4v) is 4.51. The van der Waals surface area contributed by atoms with Gasteiger partial charge in [0, 0.05) is 26.2 Å². The van der Waals surface area contributed by atoms with Crippen LogP contribution in [-0.4, -0.2) is 58.4 Å². The molecule has 1 atom stereocenters. The van der Waals surface area contributed by atoms with Gasteiger partial charge in [0.15, 0.2) is 5.82 Å². The number of hydrogen-bond donors (Lipinski definition) is 0. The first kappa shape index (κ1) is 22.0. The van der Waals surface area contributed by atoms with Crippen molar-refractivity contribution in [2.45, 2.75) is 12.6 Å². The van der Waals surface area contributed by atoms with Crippen molar-refractivity contribution in [2.24, 2.45) is 0 Å². The van der Waals surface area contributed by atoms with Crippen LogP contribution in [0.5, 0.6) is 5.75 Å². The topological polar surface area (TPSA) is 59.3 Å². The summed E-state index contributed by atoms with van der Waals surface area (Å²) in [5.41, 5.74) is 2.88. The highest BCUT2D eigenvalue weighted by Crippen LogP contribution is 2.30. The average Bonchev–Trinajstić information content (AvgIpc) is 3.33. The van der Waals surface area contributed by atoms with Crippen LogP contribution in [0.15, 0.2) is 78.9 Å². The molecule has 0 saturated carbocycles. The smallest absolute Gasteiger partial charge is 0.173 e. The molecule has 1 aliphatic heterocycles. The molecule has 0 radical (unpaired) electrons. The van der Waals surface area contributed by atoms with Crippen molar-refractivity contribution in [3.63, 3.8) is 0 Å². The number of benzene rings is 3. The molecule has 3 aromatic carbocycles. The molecular weight excluding hydrogens is 431 g/mol. The van der Waals surface area contributed by atoms with E-state index >= 15 is 0 Å². The fraction of sp³-hybridized carbons (Fsp3) is 0.269. The van der Waals surface area contributed by atoms with E-state index in [-0.39, 0.29) is 11.9 Å². The summed E-state index contributed by atoms with van der Waals surface area (Å²) in [7, 11) is 1.66. The van der Waals surface area contributed by atoms with Crippen LogP contribution in [0, 0.1) is 5.82 Å². The normalized spacial score (nSPS) is 15.3. The highest BCUT2D eigenvalue weighted by Gasteiger charge is 2.31. The van der Waals surface area contributed by atoms with Gasteiger partial charge in [-0.25, -0.2) is 9.07 Å². The Morgan fingerprint density at radius 2 is 1.59 bits per heavy atom. The number of piperazine rings is 1. The first-order valence-corrected chi connectivity index (χ1v) is 11.4. The van der Waals surface area contributed by atoms with Gasteiger partial charge < -0.3 is 9.64 Å². The number of anilines is 1. The van der Waals surface area contributed by atoms with Crippen LogP contribution in [0.25, 0.3) is 0 Å². The molecule has 1 aromatic heterocycles. The highest BCUT2D eigenvalue weighted by atomic mass is 19.1. The molecule has 1 fully saturated rings. The van der Waals surface area contributed by atoms with Crippen LogP contribution in [0.3, 0.4) is 0 Å². The Hall–Kier alpha value is -3.78.